The fraction of sp³-hybridized carbons (Fsp3) is 0.364. The van der Waals surface area contributed by atoms with Gasteiger partial charge in [0.2, 0.25) is 0 Å². The molecule has 2 aromatic carbocycles. The number of nitrogens with one attached hydrogen (secondary N) is 1. The van der Waals surface area contributed by atoms with Crippen LogP contribution in [0.3, 0.4) is 0 Å². The number of sulfone groups is 1. The lowest BCUT2D eigenvalue weighted by Crippen LogP contribution is -2.42. The molecule has 0 aliphatic heterocycles. The summed E-state index contributed by atoms with van der Waals surface area (Å²) in [6, 6.07) is 9.74. The number of amides is 1. The van der Waals surface area contributed by atoms with Crippen molar-refractivity contribution in [1.82, 2.24) is 5.32 Å². The van der Waals surface area contributed by atoms with Crippen LogP contribution in [0.15, 0.2) is 46.9 Å². The van der Waals surface area contributed by atoms with Gasteiger partial charge in [-0.25, -0.2) is 17.6 Å². The Balaban J connectivity index is 2.24. The van der Waals surface area contributed by atoms with Gasteiger partial charge in [-0.05, 0) is 76.6 Å². The largest absolute Gasteiger partial charge is 0.433 e. The number of alkyl carbamates (subject to hydrolysis) is 1. The van der Waals surface area contributed by atoms with E-state index in [1.807, 2.05) is 0 Å². The van der Waals surface area contributed by atoms with Crippen LogP contribution >= 0.6 is 15.9 Å². The van der Waals surface area contributed by atoms with Crippen LogP contribution in [0.5, 0.6) is 0 Å². The van der Waals surface area contributed by atoms with Gasteiger partial charge in [0.05, 0.1) is 4.75 Å². The van der Waals surface area contributed by atoms with Gasteiger partial charge in [0.1, 0.15) is 5.82 Å². The summed E-state index contributed by atoms with van der Waals surface area (Å²) in [5.41, 5.74) is 0.466. The fourth-order valence-corrected chi connectivity index (χ4v) is 4.23. The molecule has 0 radical (unpaired) electrons. The van der Waals surface area contributed by atoms with E-state index in [1.165, 1.54) is 50.2 Å². The first-order chi connectivity index (χ1) is 14.1. The first-order valence-electron chi connectivity index (χ1n) is 9.41. The summed E-state index contributed by atoms with van der Waals surface area (Å²) in [5, 5.41) is 2.54. The van der Waals surface area contributed by atoms with E-state index in [4.69, 9.17) is 4.74 Å². The Bertz CT molecular complexity index is 1090. The van der Waals surface area contributed by atoms with Crippen LogP contribution in [0, 0.1) is 5.82 Å². The van der Waals surface area contributed by atoms with Gasteiger partial charge in [0.25, 0.3) is 0 Å². The minimum Gasteiger partial charge on any atom is -0.433 e. The van der Waals surface area contributed by atoms with Crippen molar-refractivity contribution in [3.8, 4) is 0 Å². The molecule has 0 saturated carbocycles. The van der Waals surface area contributed by atoms with Crippen molar-refractivity contribution in [2.45, 2.75) is 44.9 Å². The number of ketones is 1. The van der Waals surface area contributed by atoms with Gasteiger partial charge in [-0.1, -0.05) is 22.0 Å². The Morgan fingerprint density at radius 2 is 1.61 bits per heavy atom. The van der Waals surface area contributed by atoms with Crippen molar-refractivity contribution in [2.24, 2.45) is 0 Å². The fourth-order valence-electron chi connectivity index (χ4n) is 2.63. The summed E-state index contributed by atoms with van der Waals surface area (Å²) in [5.74, 6) is -1.58. The lowest BCUT2D eigenvalue weighted by molar-refractivity contribution is 0.103. The highest BCUT2D eigenvalue weighted by atomic mass is 79.9. The lowest BCUT2D eigenvalue weighted by atomic mass is 9.97. The molecule has 0 heterocycles. The van der Waals surface area contributed by atoms with Crippen LogP contribution in [0.1, 0.15) is 56.1 Å². The molecule has 0 unspecified atom stereocenters. The molecule has 9 heteroatoms. The predicted molar refractivity (Wildman–Crippen MR) is 120 cm³/mol. The summed E-state index contributed by atoms with van der Waals surface area (Å²) in [6.45, 7) is 8.24. The van der Waals surface area contributed by atoms with Crippen LogP contribution in [0.4, 0.5) is 9.18 Å². The SMILES string of the molecule is CC(C)(C)NC(=O)OCS(=O)(=O)C(C)(C)c1ccc(C(=O)c2ccc(F)cc2)c(Br)c1. The van der Waals surface area contributed by atoms with Crippen LogP contribution in [-0.4, -0.2) is 31.8 Å². The number of benzene rings is 2. The van der Waals surface area contributed by atoms with Gasteiger partial charge in [0.15, 0.2) is 21.6 Å². The molecule has 2 aromatic rings. The second-order valence-electron chi connectivity index (χ2n) is 8.58. The monoisotopic (exact) mass is 513 g/mol. The number of ether oxygens (including phenoxy) is 1. The third-order valence-corrected chi connectivity index (χ3v) is 7.49. The zero-order valence-electron chi connectivity index (χ0n) is 18.0. The summed E-state index contributed by atoms with van der Waals surface area (Å²) in [4.78, 5) is 24.5. The van der Waals surface area contributed by atoms with Gasteiger partial charge in [0, 0.05) is 21.1 Å². The first-order valence-corrected chi connectivity index (χ1v) is 11.9. The second-order valence-corrected chi connectivity index (χ2v) is 11.9. The zero-order chi connectivity index (χ0) is 23.6. The quantitative estimate of drug-likeness (QED) is 0.551. The van der Waals surface area contributed by atoms with Crippen molar-refractivity contribution in [3.05, 3.63) is 69.4 Å². The van der Waals surface area contributed by atoms with E-state index in [-0.39, 0.29) is 5.78 Å². The molecular formula is C22H25BrFNO5S. The Hall–Kier alpha value is -2.26. The highest BCUT2D eigenvalue weighted by Gasteiger charge is 2.38. The molecule has 0 bridgehead atoms. The summed E-state index contributed by atoms with van der Waals surface area (Å²) >= 11 is 3.33. The molecule has 0 fully saturated rings. The van der Waals surface area contributed by atoms with Crippen molar-refractivity contribution in [3.63, 3.8) is 0 Å². The molecule has 168 valence electrons. The van der Waals surface area contributed by atoms with Gasteiger partial charge in [-0.2, -0.15) is 0 Å². The van der Waals surface area contributed by atoms with E-state index in [0.717, 1.165) is 0 Å². The predicted octanol–water partition coefficient (Wildman–Crippen LogP) is 4.95. The van der Waals surface area contributed by atoms with E-state index >= 15 is 0 Å². The maximum absolute atomic E-state index is 13.1. The highest BCUT2D eigenvalue weighted by molar-refractivity contribution is 9.10. The maximum atomic E-state index is 13.1. The lowest BCUT2D eigenvalue weighted by Gasteiger charge is -2.26. The second kappa shape index (κ2) is 9.08. The normalized spacial score (nSPS) is 12.4. The average molecular weight is 514 g/mol. The standard InChI is InChI=1S/C22H25BrFNO5S/c1-21(2,3)25-20(27)30-13-31(28,29)22(4,5)15-8-11-17(18(23)12-15)19(26)14-6-9-16(24)10-7-14/h6-12H,13H2,1-5H3,(H,25,27). The van der Waals surface area contributed by atoms with Crippen LogP contribution < -0.4 is 5.32 Å². The first kappa shape index (κ1) is 25.0. The molecule has 31 heavy (non-hydrogen) atoms. The Morgan fingerprint density at radius 3 is 2.13 bits per heavy atom. The molecule has 0 atom stereocenters. The van der Waals surface area contributed by atoms with Crippen molar-refractivity contribution in [2.75, 3.05) is 5.94 Å². The van der Waals surface area contributed by atoms with Gasteiger partial charge < -0.3 is 10.1 Å². The number of carbonyl (C=O) groups is 2. The van der Waals surface area contributed by atoms with E-state index in [9.17, 15) is 22.4 Å². The van der Waals surface area contributed by atoms with Crippen LogP contribution in [0.2, 0.25) is 0 Å². The third kappa shape index (κ3) is 6.13. The van der Waals surface area contributed by atoms with Gasteiger partial charge >= 0.3 is 6.09 Å². The molecule has 0 saturated heterocycles. The van der Waals surface area contributed by atoms with E-state index in [1.54, 1.807) is 26.8 Å². The van der Waals surface area contributed by atoms with Crippen molar-refractivity contribution < 1.29 is 27.1 Å². The van der Waals surface area contributed by atoms with Gasteiger partial charge in [-0.15, -0.1) is 0 Å². The van der Waals surface area contributed by atoms with Crippen molar-refractivity contribution >= 4 is 37.6 Å². The number of carbonyl (C=O) groups excluding carboxylic acids is 2. The summed E-state index contributed by atoms with van der Waals surface area (Å²) in [7, 11) is -3.90. The molecule has 0 aliphatic carbocycles. The summed E-state index contributed by atoms with van der Waals surface area (Å²) < 4.78 is 42.8. The highest BCUT2D eigenvalue weighted by Crippen LogP contribution is 2.34. The molecule has 0 aliphatic rings. The Morgan fingerprint density at radius 1 is 1.03 bits per heavy atom. The van der Waals surface area contributed by atoms with Crippen molar-refractivity contribution in [1.29, 1.82) is 0 Å². The molecule has 6 nitrogen and oxygen atoms in total. The minimum atomic E-state index is -3.90. The Labute approximate surface area is 190 Å². The topological polar surface area (TPSA) is 89.5 Å². The summed E-state index contributed by atoms with van der Waals surface area (Å²) in [6.07, 6.45) is -0.826. The molecular weight excluding hydrogens is 489 g/mol. The van der Waals surface area contributed by atoms with Crippen LogP contribution in [0.25, 0.3) is 0 Å². The number of rotatable bonds is 6. The van der Waals surface area contributed by atoms with E-state index in [2.05, 4.69) is 21.2 Å². The molecule has 1 amide bonds. The Kier molecular flexibility index (Phi) is 7.32. The minimum absolute atomic E-state index is 0.306. The maximum Gasteiger partial charge on any atom is 0.408 e. The smallest absolute Gasteiger partial charge is 0.408 e. The average Bonchev–Trinajstić information content (AvgIpc) is 2.65. The van der Waals surface area contributed by atoms with E-state index < -0.39 is 38.0 Å². The molecule has 0 spiro atoms. The number of hydrogen-bond acceptors (Lipinski definition) is 5. The van der Waals surface area contributed by atoms with Crippen LogP contribution in [-0.2, 0) is 19.3 Å². The van der Waals surface area contributed by atoms with E-state index in [0.29, 0.717) is 21.2 Å². The number of halogens is 2. The number of hydrogen-bond donors (Lipinski definition) is 1. The van der Waals surface area contributed by atoms with Gasteiger partial charge in [-0.3, -0.25) is 4.79 Å². The molecule has 0 aromatic heterocycles. The molecule has 1 N–H and O–H groups in total. The molecule has 2 rings (SSSR count). The third-order valence-electron chi connectivity index (χ3n) is 4.62. The zero-order valence-corrected chi connectivity index (χ0v) is 20.4.